The van der Waals surface area contributed by atoms with E-state index in [1.807, 2.05) is 24.3 Å². The first kappa shape index (κ1) is 39.0. The van der Waals surface area contributed by atoms with Crippen molar-refractivity contribution in [2.24, 2.45) is 11.8 Å². The fourth-order valence-corrected chi connectivity index (χ4v) is 8.99. The Morgan fingerprint density at radius 3 is 2.33 bits per heavy atom. The van der Waals surface area contributed by atoms with Gasteiger partial charge in [-0.05, 0) is 81.2 Å². The zero-order valence-corrected chi connectivity index (χ0v) is 32.4. The maximum absolute atomic E-state index is 15.2. The third-order valence-electron chi connectivity index (χ3n) is 12.3. The van der Waals surface area contributed by atoms with Gasteiger partial charge in [-0.25, -0.2) is 18.7 Å². The molecule has 8 rings (SSSR count). The Morgan fingerprint density at radius 1 is 0.825 bits per heavy atom. The van der Waals surface area contributed by atoms with Crippen LogP contribution in [0.25, 0.3) is 11.3 Å². The number of morpholine rings is 1. The number of imide groups is 1. The largest absolute Gasteiger partial charge is 0.378 e. The number of carbonyl (C=O) groups is 3. The van der Waals surface area contributed by atoms with Crippen molar-refractivity contribution >= 4 is 40.7 Å². The minimum absolute atomic E-state index is 0.0166. The minimum atomic E-state index is -0.554. The zero-order chi connectivity index (χ0) is 39.3. The average molecular weight is 786 g/mol. The lowest BCUT2D eigenvalue weighted by atomic mass is 9.84. The number of amides is 3. The molecule has 1 atom stereocenters. The Morgan fingerprint density at radius 2 is 1.60 bits per heavy atom. The van der Waals surface area contributed by atoms with Gasteiger partial charge in [-0.3, -0.25) is 24.6 Å². The second-order valence-corrected chi connectivity index (χ2v) is 16.1. The molecule has 57 heavy (non-hydrogen) atoms. The van der Waals surface area contributed by atoms with Crippen molar-refractivity contribution in [3.63, 3.8) is 0 Å². The van der Waals surface area contributed by atoms with Crippen LogP contribution < -0.4 is 25.8 Å². The molecule has 3 N–H and O–H groups in total. The molecule has 0 spiro atoms. The van der Waals surface area contributed by atoms with Crippen molar-refractivity contribution in [3.8, 4) is 11.3 Å². The fraction of sp³-hybridized carbons (Fsp3) is 0.548. The Bertz CT molecular complexity index is 1910. The fourth-order valence-electron chi connectivity index (χ4n) is 8.99. The number of aromatic nitrogens is 2. The molecule has 1 unspecified atom stereocenters. The van der Waals surface area contributed by atoms with Gasteiger partial charge in [-0.15, -0.1) is 0 Å². The molecule has 0 bridgehead atoms. The molecule has 0 radical (unpaired) electrons. The molecule has 3 aromatic rings. The summed E-state index contributed by atoms with van der Waals surface area (Å²) >= 11 is 0. The first-order valence-corrected chi connectivity index (χ1v) is 20.6. The van der Waals surface area contributed by atoms with Gasteiger partial charge in [0.1, 0.15) is 17.6 Å². The van der Waals surface area contributed by atoms with E-state index in [1.165, 1.54) is 12.3 Å². The van der Waals surface area contributed by atoms with Crippen molar-refractivity contribution in [2.45, 2.75) is 63.5 Å². The van der Waals surface area contributed by atoms with Gasteiger partial charge in [-0.2, -0.15) is 0 Å². The monoisotopic (exact) mass is 785 g/mol. The molecule has 5 fully saturated rings. The zero-order valence-electron chi connectivity index (χ0n) is 32.4. The molecule has 5 heterocycles. The molecule has 304 valence electrons. The quantitative estimate of drug-likeness (QED) is 0.251. The third-order valence-corrected chi connectivity index (χ3v) is 12.3. The lowest BCUT2D eigenvalue weighted by Crippen LogP contribution is -2.50. The van der Waals surface area contributed by atoms with Crippen molar-refractivity contribution in [3.05, 3.63) is 60.3 Å². The van der Waals surface area contributed by atoms with Gasteiger partial charge >= 0.3 is 0 Å². The summed E-state index contributed by atoms with van der Waals surface area (Å²) in [7, 11) is 0. The van der Waals surface area contributed by atoms with Crippen LogP contribution >= 0.6 is 0 Å². The maximum atomic E-state index is 15.2. The summed E-state index contributed by atoms with van der Waals surface area (Å²) in [4.78, 5) is 54.8. The number of ether oxygens (including phenoxy) is 1. The second-order valence-electron chi connectivity index (χ2n) is 16.1. The van der Waals surface area contributed by atoms with Crippen molar-refractivity contribution in [2.75, 3.05) is 92.5 Å². The molecule has 3 amide bonds. The van der Waals surface area contributed by atoms with Gasteiger partial charge in [0.05, 0.1) is 25.1 Å². The molecule has 4 aliphatic heterocycles. The number of halogens is 2. The summed E-state index contributed by atoms with van der Waals surface area (Å²) in [5.74, 6) is -0.240. The number of rotatable bonds is 10. The molecule has 1 aromatic heterocycles. The molecule has 2 aromatic carbocycles. The van der Waals surface area contributed by atoms with E-state index >= 15 is 4.39 Å². The van der Waals surface area contributed by atoms with Crippen molar-refractivity contribution in [1.82, 2.24) is 25.1 Å². The van der Waals surface area contributed by atoms with Crippen LogP contribution in [0.15, 0.2) is 48.7 Å². The van der Waals surface area contributed by atoms with E-state index in [2.05, 4.69) is 45.5 Å². The minimum Gasteiger partial charge on any atom is -0.378 e. The van der Waals surface area contributed by atoms with Crippen LogP contribution in [0.4, 0.5) is 31.8 Å². The number of piperidine rings is 2. The third kappa shape index (κ3) is 9.47. The molecule has 5 aliphatic rings. The van der Waals surface area contributed by atoms with Gasteiger partial charge in [0.25, 0.3) is 0 Å². The van der Waals surface area contributed by atoms with E-state index in [0.717, 1.165) is 103 Å². The van der Waals surface area contributed by atoms with Crippen LogP contribution in [0.2, 0.25) is 0 Å². The molecule has 4 saturated heterocycles. The lowest BCUT2D eigenvalue weighted by molar-refractivity contribution is -0.138. The van der Waals surface area contributed by atoms with E-state index in [-0.39, 0.29) is 47.6 Å². The highest BCUT2D eigenvalue weighted by molar-refractivity contribution is 6.01. The number of anilines is 4. The van der Waals surface area contributed by atoms with Crippen LogP contribution in [0.1, 0.15) is 51.4 Å². The normalized spacial score (nSPS) is 24.0. The SMILES string of the molecule is O=C1CCC(Nc2ccc(N3CCN(CC4CCN(C(=O)[C@H]5CC[C@H](Nc6ncc(F)c(-c7cccc(N8CCOCC8)c7)n6)CC5)CC4)CC3)c(F)c2)C(=O)N1. The molecular weight excluding hydrogens is 733 g/mol. The number of hydrogen-bond donors (Lipinski definition) is 3. The number of nitrogens with zero attached hydrogens (tertiary/aromatic N) is 6. The van der Waals surface area contributed by atoms with Crippen LogP contribution in [0.5, 0.6) is 0 Å². The van der Waals surface area contributed by atoms with Crippen molar-refractivity contribution < 1.29 is 27.9 Å². The van der Waals surface area contributed by atoms with Gasteiger partial charge in [0.15, 0.2) is 5.82 Å². The van der Waals surface area contributed by atoms with E-state index < -0.39 is 11.9 Å². The molecule has 1 saturated carbocycles. The smallest absolute Gasteiger partial charge is 0.249 e. The number of piperazine rings is 1. The highest BCUT2D eigenvalue weighted by Gasteiger charge is 2.33. The summed E-state index contributed by atoms with van der Waals surface area (Å²) in [5.41, 5.74) is 3.08. The Kier molecular flexibility index (Phi) is 12.1. The second kappa shape index (κ2) is 17.7. The Labute approximate surface area is 332 Å². The number of carbonyl (C=O) groups excluding carboxylic acids is 3. The summed E-state index contributed by atoms with van der Waals surface area (Å²) < 4.78 is 35.6. The Balaban J connectivity index is 0.751. The standard InChI is InChI=1S/C42H53F2N9O4/c43-34-25-32(46-36-9-11-38(54)48-40(36)55)8-10-37(34)52-18-16-50(17-19-52)27-28-12-14-53(15-13-28)41(56)29-4-6-31(7-5-29)47-42-45-26-35(44)39(49-42)30-2-1-3-33(24-30)51-20-22-57-23-21-51/h1-3,8,10,24-26,28-29,31,36,46H,4-7,9,11-23,27H2,(H,45,47,49)(H,48,54,55)/t29-,31-,36?. The van der Waals surface area contributed by atoms with E-state index in [0.29, 0.717) is 48.4 Å². The Hall–Kier alpha value is -4.89. The van der Waals surface area contributed by atoms with Gasteiger partial charge in [0, 0.05) is 94.2 Å². The number of benzene rings is 2. The molecular formula is C42H53F2N9O4. The molecule has 15 heteroatoms. The van der Waals surface area contributed by atoms with E-state index in [9.17, 15) is 18.8 Å². The average Bonchev–Trinajstić information content (AvgIpc) is 3.24. The highest BCUT2D eigenvalue weighted by atomic mass is 19.1. The predicted molar refractivity (Wildman–Crippen MR) is 214 cm³/mol. The first-order chi connectivity index (χ1) is 27.8. The maximum Gasteiger partial charge on any atom is 0.249 e. The number of nitrogens with one attached hydrogen (secondary N) is 3. The van der Waals surface area contributed by atoms with Gasteiger partial charge in [0.2, 0.25) is 23.7 Å². The van der Waals surface area contributed by atoms with Gasteiger partial charge in [-0.1, -0.05) is 12.1 Å². The number of likely N-dealkylation sites (tertiary alicyclic amines) is 1. The van der Waals surface area contributed by atoms with E-state index in [1.54, 1.807) is 12.1 Å². The molecule has 13 nitrogen and oxygen atoms in total. The van der Waals surface area contributed by atoms with Crippen LogP contribution in [0, 0.1) is 23.5 Å². The summed E-state index contributed by atoms with van der Waals surface area (Å²) in [5, 5.41) is 8.80. The van der Waals surface area contributed by atoms with Crippen LogP contribution in [0.3, 0.4) is 0 Å². The van der Waals surface area contributed by atoms with Crippen LogP contribution in [-0.2, 0) is 19.1 Å². The highest BCUT2D eigenvalue weighted by Crippen LogP contribution is 2.32. The predicted octanol–water partition coefficient (Wildman–Crippen LogP) is 4.51. The number of hydrogen-bond acceptors (Lipinski definition) is 11. The topological polar surface area (TPSA) is 135 Å². The summed E-state index contributed by atoms with van der Waals surface area (Å²) in [6.07, 6.45) is 7.11. The van der Waals surface area contributed by atoms with Gasteiger partial charge < -0.3 is 30.1 Å². The summed E-state index contributed by atoms with van der Waals surface area (Å²) in [6.45, 7) is 8.63. The van der Waals surface area contributed by atoms with E-state index in [4.69, 9.17) is 4.74 Å². The lowest BCUT2D eigenvalue weighted by Gasteiger charge is -2.40. The molecule has 1 aliphatic carbocycles. The van der Waals surface area contributed by atoms with Crippen LogP contribution in [-0.4, -0.2) is 122 Å². The van der Waals surface area contributed by atoms with Crippen molar-refractivity contribution in [1.29, 1.82) is 0 Å². The summed E-state index contributed by atoms with van der Waals surface area (Å²) in [6, 6.07) is 12.3. The first-order valence-electron chi connectivity index (χ1n) is 20.6.